The van der Waals surface area contributed by atoms with Gasteiger partial charge in [-0.05, 0) is 23.2 Å². The molecular formula is C17H20N2O. The van der Waals surface area contributed by atoms with Crippen LogP contribution in [-0.4, -0.2) is 5.90 Å². The summed E-state index contributed by atoms with van der Waals surface area (Å²) in [7, 11) is 0. The van der Waals surface area contributed by atoms with Crippen LogP contribution < -0.4 is 9.78 Å². The highest BCUT2D eigenvalue weighted by atomic mass is 16.3. The molecule has 1 aromatic heterocycles. The molecule has 20 heavy (non-hydrogen) atoms. The summed E-state index contributed by atoms with van der Waals surface area (Å²) >= 11 is 0. The van der Waals surface area contributed by atoms with Crippen LogP contribution in [0.2, 0.25) is 0 Å². The standard InChI is InChI=1S/C17H20N2O/c1-3-9-14(2)16-12-7-8-13-19(16)18-17(20)15-10-5-4-6-11-15/h4-8,10-14H,3,9H2,1-2H3. The topological polar surface area (TPSA) is 39.3 Å². The molecule has 0 amide bonds. The van der Waals surface area contributed by atoms with Crippen molar-refractivity contribution in [2.75, 3.05) is 0 Å². The number of pyridine rings is 1. The van der Waals surface area contributed by atoms with E-state index in [1.54, 1.807) is 16.8 Å². The largest absolute Gasteiger partial charge is 0.854 e. The van der Waals surface area contributed by atoms with Crippen LogP contribution in [0.15, 0.2) is 59.8 Å². The van der Waals surface area contributed by atoms with E-state index in [0.29, 0.717) is 11.5 Å². The van der Waals surface area contributed by atoms with Gasteiger partial charge >= 0.3 is 0 Å². The maximum Gasteiger partial charge on any atom is 0.217 e. The fourth-order valence-electron chi connectivity index (χ4n) is 2.25. The van der Waals surface area contributed by atoms with E-state index in [4.69, 9.17) is 0 Å². The van der Waals surface area contributed by atoms with Crippen LogP contribution in [0.3, 0.4) is 0 Å². The van der Waals surface area contributed by atoms with Gasteiger partial charge in [-0.15, -0.1) is 0 Å². The predicted molar refractivity (Wildman–Crippen MR) is 78.3 cm³/mol. The molecule has 1 atom stereocenters. The second kappa shape index (κ2) is 6.85. The highest BCUT2D eigenvalue weighted by Crippen LogP contribution is 2.16. The van der Waals surface area contributed by atoms with E-state index in [2.05, 4.69) is 18.9 Å². The molecule has 104 valence electrons. The Morgan fingerprint density at radius 3 is 2.55 bits per heavy atom. The summed E-state index contributed by atoms with van der Waals surface area (Å²) in [6.45, 7) is 4.33. The minimum absolute atomic E-state index is 0.216. The molecule has 3 heteroatoms. The van der Waals surface area contributed by atoms with Crippen molar-refractivity contribution >= 4 is 5.90 Å². The summed E-state index contributed by atoms with van der Waals surface area (Å²) < 4.78 is 1.70. The first-order valence-electron chi connectivity index (χ1n) is 7.04. The molecule has 1 unspecified atom stereocenters. The number of benzene rings is 1. The van der Waals surface area contributed by atoms with Crippen LogP contribution >= 0.6 is 0 Å². The van der Waals surface area contributed by atoms with Crippen molar-refractivity contribution in [1.29, 1.82) is 0 Å². The number of hydrogen-bond donors (Lipinski definition) is 0. The SMILES string of the molecule is CCCC(C)c1cccc[n+]1/N=C(/[O-])c1ccccc1. The Labute approximate surface area is 120 Å². The lowest BCUT2D eigenvalue weighted by Gasteiger charge is -2.09. The number of rotatable bonds is 5. The fraction of sp³-hybridized carbons (Fsp3) is 0.294. The van der Waals surface area contributed by atoms with E-state index in [-0.39, 0.29) is 5.90 Å². The Morgan fingerprint density at radius 1 is 1.15 bits per heavy atom. The van der Waals surface area contributed by atoms with E-state index < -0.39 is 0 Å². The van der Waals surface area contributed by atoms with Crippen LogP contribution in [0.25, 0.3) is 0 Å². The molecule has 0 aliphatic carbocycles. The predicted octanol–water partition coefficient (Wildman–Crippen LogP) is 2.45. The molecule has 0 bridgehead atoms. The Hall–Kier alpha value is -2.16. The Kier molecular flexibility index (Phi) is 4.88. The molecule has 2 rings (SSSR count). The van der Waals surface area contributed by atoms with Gasteiger partial charge in [0, 0.05) is 18.1 Å². The molecule has 1 heterocycles. The molecule has 3 nitrogen and oxygen atoms in total. The van der Waals surface area contributed by atoms with Crippen molar-refractivity contribution < 1.29 is 9.78 Å². The van der Waals surface area contributed by atoms with E-state index in [1.807, 2.05) is 42.6 Å². The molecule has 0 N–H and O–H groups in total. The Bertz CT molecular complexity index is 579. The molecule has 0 saturated carbocycles. The molecular weight excluding hydrogens is 248 g/mol. The lowest BCUT2D eigenvalue weighted by Crippen LogP contribution is -2.38. The molecule has 0 saturated heterocycles. The quantitative estimate of drug-likeness (QED) is 0.466. The summed E-state index contributed by atoms with van der Waals surface area (Å²) in [5.41, 5.74) is 1.68. The van der Waals surface area contributed by atoms with E-state index in [0.717, 1.165) is 18.5 Å². The number of nitrogens with zero attached hydrogens (tertiary/aromatic N) is 2. The van der Waals surface area contributed by atoms with Crippen LogP contribution in [0.1, 0.15) is 43.9 Å². The first kappa shape index (κ1) is 14.3. The van der Waals surface area contributed by atoms with Crippen LogP contribution in [0, 0.1) is 0 Å². The summed E-state index contributed by atoms with van der Waals surface area (Å²) in [6.07, 6.45) is 4.03. The average molecular weight is 268 g/mol. The minimum Gasteiger partial charge on any atom is -0.854 e. The third kappa shape index (κ3) is 3.44. The second-order valence-electron chi connectivity index (χ2n) is 4.93. The Balaban J connectivity index is 2.34. The van der Waals surface area contributed by atoms with E-state index >= 15 is 0 Å². The maximum atomic E-state index is 12.2. The normalized spacial score (nSPS) is 13.2. The zero-order valence-electron chi connectivity index (χ0n) is 12.0. The van der Waals surface area contributed by atoms with Gasteiger partial charge in [-0.1, -0.05) is 55.3 Å². The lowest BCUT2D eigenvalue weighted by molar-refractivity contribution is -0.690. The number of hydrogen-bond acceptors (Lipinski definition) is 2. The van der Waals surface area contributed by atoms with Gasteiger partial charge in [0.1, 0.15) is 0 Å². The van der Waals surface area contributed by atoms with Gasteiger partial charge in [0.05, 0.1) is 5.90 Å². The monoisotopic (exact) mass is 268 g/mol. The first-order chi connectivity index (χ1) is 9.72. The molecule has 0 aliphatic rings. The van der Waals surface area contributed by atoms with Gasteiger partial charge in [-0.2, -0.15) is 0 Å². The van der Waals surface area contributed by atoms with Gasteiger partial charge in [0.2, 0.25) is 11.9 Å². The first-order valence-corrected chi connectivity index (χ1v) is 7.04. The van der Waals surface area contributed by atoms with Crippen molar-refractivity contribution in [1.82, 2.24) is 0 Å². The summed E-state index contributed by atoms with van der Waals surface area (Å²) in [5, 5.41) is 16.4. The Morgan fingerprint density at radius 2 is 1.85 bits per heavy atom. The van der Waals surface area contributed by atoms with Crippen LogP contribution in [-0.2, 0) is 0 Å². The van der Waals surface area contributed by atoms with E-state index in [1.165, 1.54) is 0 Å². The van der Waals surface area contributed by atoms with Crippen LogP contribution in [0.4, 0.5) is 0 Å². The maximum absolute atomic E-state index is 12.2. The molecule has 0 aliphatic heterocycles. The highest BCUT2D eigenvalue weighted by molar-refractivity contribution is 5.89. The summed E-state index contributed by atoms with van der Waals surface area (Å²) in [5.74, 6) is 0.167. The van der Waals surface area contributed by atoms with Gasteiger partial charge in [0.15, 0.2) is 0 Å². The van der Waals surface area contributed by atoms with E-state index in [9.17, 15) is 5.11 Å². The van der Waals surface area contributed by atoms with Crippen molar-refractivity contribution in [3.05, 3.63) is 66.0 Å². The van der Waals surface area contributed by atoms with Gasteiger partial charge in [-0.3, -0.25) is 0 Å². The van der Waals surface area contributed by atoms with Gasteiger partial charge < -0.3 is 5.11 Å². The third-order valence-electron chi connectivity index (χ3n) is 3.32. The zero-order valence-corrected chi connectivity index (χ0v) is 12.0. The summed E-state index contributed by atoms with van der Waals surface area (Å²) in [6, 6.07) is 15.1. The molecule has 2 aromatic rings. The van der Waals surface area contributed by atoms with Crippen molar-refractivity contribution in [2.45, 2.75) is 32.6 Å². The number of aromatic nitrogens is 1. The molecule has 1 aromatic carbocycles. The summed E-state index contributed by atoms with van der Waals surface area (Å²) in [4.78, 5) is 0. The average Bonchev–Trinajstić information content (AvgIpc) is 2.49. The molecule has 0 spiro atoms. The minimum atomic E-state index is -0.216. The van der Waals surface area contributed by atoms with Gasteiger partial charge in [-0.25, -0.2) is 0 Å². The van der Waals surface area contributed by atoms with Crippen molar-refractivity contribution in [3.8, 4) is 0 Å². The fourth-order valence-corrected chi connectivity index (χ4v) is 2.25. The molecule has 0 fully saturated rings. The smallest absolute Gasteiger partial charge is 0.217 e. The second-order valence-corrected chi connectivity index (χ2v) is 4.93. The van der Waals surface area contributed by atoms with Gasteiger partial charge in [0.25, 0.3) is 0 Å². The van der Waals surface area contributed by atoms with Crippen molar-refractivity contribution in [3.63, 3.8) is 0 Å². The highest BCUT2D eigenvalue weighted by Gasteiger charge is 2.16. The molecule has 0 radical (unpaired) electrons. The van der Waals surface area contributed by atoms with Crippen molar-refractivity contribution in [2.24, 2.45) is 5.10 Å². The lowest BCUT2D eigenvalue weighted by atomic mass is 10.0. The van der Waals surface area contributed by atoms with Crippen LogP contribution in [0.5, 0.6) is 0 Å². The third-order valence-corrected chi connectivity index (χ3v) is 3.32. The zero-order chi connectivity index (χ0) is 14.4.